The van der Waals surface area contributed by atoms with Gasteiger partial charge in [-0.1, -0.05) is 17.7 Å². The van der Waals surface area contributed by atoms with Crippen LogP contribution in [0, 0.1) is 0 Å². The molecule has 1 unspecified atom stereocenters. The van der Waals surface area contributed by atoms with Crippen molar-refractivity contribution < 1.29 is 19.0 Å². The van der Waals surface area contributed by atoms with E-state index in [1.807, 2.05) is 23.1 Å². The maximum Gasteiger partial charge on any atom is 0.261 e. The van der Waals surface area contributed by atoms with Crippen molar-refractivity contribution in [3.8, 4) is 17.2 Å². The van der Waals surface area contributed by atoms with Gasteiger partial charge in [0.2, 0.25) is 0 Å². The lowest BCUT2D eigenvalue weighted by Crippen LogP contribution is -2.34. The van der Waals surface area contributed by atoms with Crippen molar-refractivity contribution in [1.82, 2.24) is 4.90 Å². The summed E-state index contributed by atoms with van der Waals surface area (Å²) in [7, 11) is 0. The molecule has 4 rings (SSSR count). The van der Waals surface area contributed by atoms with Gasteiger partial charge in [-0.2, -0.15) is 0 Å². The Morgan fingerprint density at radius 3 is 2.69 bits per heavy atom. The Kier molecular flexibility index (Phi) is 4.89. The van der Waals surface area contributed by atoms with Crippen LogP contribution in [0.1, 0.15) is 24.4 Å². The summed E-state index contributed by atoms with van der Waals surface area (Å²) in [5.74, 6) is 2.14. The molecule has 5 nitrogen and oxygen atoms in total. The van der Waals surface area contributed by atoms with Crippen molar-refractivity contribution in [2.45, 2.75) is 18.9 Å². The van der Waals surface area contributed by atoms with Gasteiger partial charge in [-0.3, -0.25) is 4.79 Å². The fraction of sp³-hybridized carbons (Fsp3) is 0.350. The number of fused-ring (bicyclic) bond motifs is 1. The smallest absolute Gasteiger partial charge is 0.261 e. The zero-order valence-corrected chi connectivity index (χ0v) is 15.1. The number of likely N-dealkylation sites (tertiary alicyclic amines) is 1. The van der Waals surface area contributed by atoms with Crippen molar-refractivity contribution >= 4 is 17.5 Å². The van der Waals surface area contributed by atoms with Gasteiger partial charge in [-0.05, 0) is 54.8 Å². The Morgan fingerprint density at radius 2 is 1.88 bits per heavy atom. The number of halogens is 1. The number of amides is 1. The highest BCUT2D eigenvalue weighted by Crippen LogP contribution is 2.38. The van der Waals surface area contributed by atoms with Crippen molar-refractivity contribution in [2.75, 3.05) is 26.4 Å². The van der Waals surface area contributed by atoms with Gasteiger partial charge in [0.1, 0.15) is 19.0 Å². The Balaban J connectivity index is 1.44. The molecule has 0 saturated carbocycles. The van der Waals surface area contributed by atoms with E-state index < -0.39 is 0 Å². The minimum Gasteiger partial charge on any atom is -0.486 e. The third-order valence-electron chi connectivity index (χ3n) is 4.70. The number of hydrogen-bond donors (Lipinski definition) is 0. The van der Waals surface area contributed by atoms with E-state index in [1.165, 1.54) is 0 Å². The summed E-state index contributed by atoms with van der Waals surface area (Å²) in [5.41, 5.74) is 1.08. The van der Waals surface area contributed by atoms with E-state index in [-0.39, 0.29) is 18.6 Å². The highest BCUT2D eigenvalue weighted by Gasteiger charge is 2.31. The Hall–Kier alpha value is -2.40. The van der Waals surface area contributed by atoms with Crippen LogP contribution in [0.5, 0.6) is 17.2 Å². The zero-order valence-electron chi connectivity index (χ0n) is 14.3. The molecule has 0 aliphatic carbocycles. The van der Waals surface area contributed by atoms with Gasteiger partial charge >= 0.3 is 0 Å². The van der Waals surface area contributed by atoms with Gasteiger partial charge in [0, 0.05) is 11.6 Å². The third kappa shape index (κ3) is 3.58. The van der Waals surface area contributed by atoms with Crippen LogP contribution in [-0.2, 0) is 4.79 Å². The van der Waals surface area contributed by atoms with E-state index in [2.05, 4.69) is 0 Å². The molecule has 0 radical (unpaired) electrons. The molecule has 2 heterocycles. The molecule has 2 aromatic rings. The van der Waals surface area contributed by atoms with Gasteiger partial charge in [-0.15, -0.1) is 0 Å². The second-order valence-electron chi connectivity index (χ2n) is 6.39. The topological polar surface area (TPSA) is 48.0 Å². The van der Waals surface area contributed by atoms with Crippen LogP contribution in [0.25, 0.3) is 0 Å². The van der Waals surface area contributed by atoms with Crippen molar-refractivity contribution in [2.24, 2.45) is 0 Å². The van der Waals surface area contributed by atoms with E-state index in [0.29, 0.717) is 24.0 Å². The van der Waals surface area contributed by atoms with E-state index in [9.17, 15) is 4.79 Å². The van der Waals surface area contributed by atoms with Gasteiger partial charge in [0.25, 0.3) is 5.91 Å². The normalized spacial score (nSPS) is 18.7. The largest absolute Gasteiger partial charge is 0.486 e. The zero-order chi connectivity index (χ0) is 17.9. The molecule has 1 fully saturated rings. The van der Waals surface area contributed by atoms with Gasteiger partial charge < -0.3 is 19.1 Å². The molecule has 0 N–H and O–H groups in total. The number of carbonyl (C=O) groups excluding carboxylic acids is 1. The molecular formula is C20H20ClNO4. The van der Waals surface area contributed by atoms with Crippen LogP contribution in [0.15, 0.2) is 42.5 Å². The number of hydrogen-bond acceptors (Lipinski definition) is 4. The minimum atomic E-state index is -0.0164. The second-order valence-corrected chi connectivity index (χ2v) is 6.83. The summed E-state index contributed by atoms with van der Waals surface area (Å²) < 4.78 is 16.9. The summed E-state index contributed by atoms with van der Waals surface area (Å²) in [5, 5.41) is 0.641. The summed E-state index contributed by atoms with van der Waals surface area (Å²) in [6.07, 6.45) is 1.91. The Labute approximate surface area is 157 Å². The molecule has 26 heavy (non-hydrogen) atoms. The first-order valence-corrected chi connectivity index (χ1v) is 9.16. The molecular weight excluding hydrogens is 354 g/mol. The van der Waals surface area contributed by atoms with Crippen LogP contribution in [0.3, 0.4) is 0 Å². The lowest BCUT2D eigenvalue weighted by molar-refractivity contribution is -0.134. The molecule has 1 atom stereocenters. The van der Waals surface area contributed by atoms with Gasteiger partial charge in [0.05, 0.1) is 6.04 Å². The molecule has 136 valence electrons. The molecule has 1 saturated heterocycles. The summed E-state index contributed by atoms with van der Waals surface area (Å²) in [6.45, 7) is 1.88. The summed E-state index contributed by atoms with van der Waals surface area (Å²) >= 11 is 5.87. The highest BCUT2D eigenvalue weighted by molar-refractivity contribution is 6.30. The maximum absolute atomic E-state index is 12.7. The Bertz CT molecular complexity index is 793. The molecule has 2 aromatic carbocycles. The van der Waals surface area contributed by atoms with Crippen molar-refractivity contribution in [1.29, 1.82) is 0 Å². The molecule has 0 aromatic heterocycles. The second kappa shape index (κ2) is 7.46. The van der Waals surface area contributed by atoms with Crippen LogP contribution in [0.4, 0.5) is 0 Å². The quantitative estimate of drug-likeness (QED) is 0.816. The standard InChI is InChI=1S/C20H20ClNO4/c21-15-4-6-16(7-5-15)26-13-20(23)22-9-1-2-17(22)14-3-8-18-19(12-14)25-11-10-24-18/h3-8,12,17H,1-2,9-11,13H2. The average Bonchev–Trinajstić information content (AvgIpc) is 3.17. The third-order valence-corrected chi connectivity index (χ3v) is 4.95. The van der Waals surface area contributed by atoms with Gasteiger partial charge in [-0.25, -0.2) is 0 Å². The van der Waals surface area contributed by atoms with Crippen LogP contribution < -0.4 is 14.2 Å². The fourth-order valence-corrected chi connectivity index (χ4v) is 3.56. The predicted molar refractivity (Wildman–Crippen MR) is 98.1 cm³/mol. The number of carbonyl (C=O) groups is 1. The molecule has 0 bridgehead atoms. The molecule has 2 aliphatic heterocycles. The molecule has 1 amide bonds. The fourth-order valence-electron chi connectivity index (χ4n) is 3.44. The first-order chi connectivity index (χ1) is 12.7. The summed E-state index contributed by atoms with van der Waals surface area (Å²) in [4.78, 5) is 14.6. The van der Waals surface area contributed by atoms with E-state index in [1.54, 1.807) is 24.3 Å². The van der Waals surface area contributed by atoms with E-state index in [0.717, 1.165) is 36.4 Å². The lowest BCUT2D eigenvalue weighted by Gasteiger charge is -2.26. The number of rotatable bonds is 4. The Morgan fingerprint density at radius 1 is 1.12 bits per heavy atom. The van der Waals surface area contributed by atoms with E-state index in [4.69, 9.17) is 25.8 Å². The van der Waals surface area contributed by atoms with E-state index >= 15 is 0 Å². The van der Waals surface area contributed by atoms with Crippen LogP contribution >= 0.6 is 11.6 Å². The number of nitrogens with zero attached hydrogens (tertiary/aromatic N) is 1. The average molecular weight is 374 g/mol. The predicted octanol–water partition coefficient (Wildman–Crippen LogP) is 3.85. The van der Waals surface area contributed by atoms with Crippen LogP contribution in [0.2, 0.25) is 5.02 Å². The van der Waals surface area contributed by atoms with Crippen molar-refractivity contribution in [3.63, 3.8) is 0 Å². The maximum atomic E-state index is 12.7. The first kappa shape index (κ1) is 17.0. The molecule has 6 heteroatoms. The van der Waals surface area contributed by atoms with Gasteiger partial charge in [0.15, 0.2) is 18.1 Å². The number of ether oxygens (including phenoxy) is 3. The highest BCUT2D eigenvalue weighted by atomic mass is 35.5. The van der Waals surface area contributed by atoms with Crippen molar-refractivity contribution in [3.05, 3.63) is 53.1 Å². The molecule has 2 aliphatic rings. The number of benzene rings is 2. The monoisotopic (exact) mass is 373 g/mol. The lowest BCUT2D eigenvalue weighted by atomic mass is 10.0. The first-order valence-electron chi connectivity index (χ1n) is 8.78. The SMILES string of the molecule is O=C(COc1ccc(Cl)cc1)N1CCCC1c1ccc2c(c1)OCCO2. The summed E-state index contributed by atoms with van der Waals surface area (Å²) in [6, 6.07) is 13.0. The molecule has 0 spiro atoms. The minimum absolute atomic E-state index is 0.0164. The van der Waals surface area contributed by atoms with Crippen LogP contribution in [-0.4, -0.2) is 37.2 Å².